The number of anilines is 1. The number of ether oxygens (including phenoxy) is 1. The van der Waals surface area contributed by atoms with E-state index >= 15 is 0 Å². The lowest BCUT2D eigenvalue weighted by Crippen LogP contribution is -2.27. The van der Waals surface area contributed by atoms with Crippen LogP contribution in [0.25, 0.3) is 17.1 Å². The number of alkyl halides is 3. The largest absolute Gasteiger partial charge is 0.490 e. The van der Waals surface area contributed by atoms with E-state index in [-0.39, 0.29) is 29.4 Å². The molecular weight excluding hydrogens is 495 g/mol. The van der Waals surface area contributed by atoms with Crippen LogP contribution in [0.2, 0.25) is 0 Å². The van der Waals surface area contributed by atoms with Gasteiger partial charge in [0.15, 0.2) is 11.5 Å². The molecule has 4 aromatic rings. The van der Waals surface area contributed by atoms with Crippen molar-refractivity contribution in [2.75, 3.05) is 5.32 Å². The van der Waals surface area contributed by atoms with Crippen LogP contribution in [0.5, 0.6) is 5.75 Å². The van der Waals surface area contributed by atoms with Crippen LogP contribution in [0.1, 0.15) is 38.8 Å². The maximum Gasteiger partial charge on any atom is 0.433 e. The quantitative estimate of drug-likeness (QED) is 0.255. The van der Waals surface area contributed by atoms with Crippen LogP contribution in [0.3, 0.4) is 0 Å². The van der Waals surface area contributed by atoms with Crippen molar-refractivity contribution in [1.29, 1.82) is 0 Å². The van der Waals surface area contributed by atoms with Gasteiger partial charge in [-0.25, -0.2) is 9.67 Å². The average molecular weight is 524 g/mol. The molecule has 10 heteroatoms. The summed E-state index contributed by atoms with van der Waals surface area (Å²) in [6, 6.07) is 16.6. The van der Waals surface area contributed by atoms with Crippen LogP contribution in [0.4, 0.5) is 18.9 Å². The van der Waals surface area contributed by atoms with Crippen molar-refractivity contribution < 1.29 is 22.7 Å². The fourth-order valence-electron chi connectivity index (χ4n) is 4.00. The highest BCUT2D eigenvalue weighted by atomic mass is 19.4. The minimum Gasteiger partial charge on any atom is -0.490 e. The second-order valence-electron chi connectivity index (χ2n) is 8.94. The Morgan fingerprint density at radius 1 is 1.08 bits per heavy atom. The molecule has 4 rings (SSSR count). The van der Waals surface area contributed by atoms with Gasteiger partial charge < -0.3 is 10.1 Å². The Morgan fingerprint density at radius 3 is 2.50 bits per heavy atom. The van der Waals surface area contributed by atoms with Crippen LogP contribution < -0.4 is 10.1 Å². The molecule has 7 nitrogen and oxygen atoms in total. The van der Waals surface area contributed by atoms with E-state index < -0.39 is 11.9 Å². The number of nitrogens with one attached hydrogen (secondary N) is 1. The average Bonchev–Trinajstić information content (AvgIpc) is 3.37. The summed E-state index contributed by atoms with van der Waals surface area (Å²) in [6.07, 6.45) is 1.74. The number of pyridine rings is 2. The van der Waals surface area contributed by atoms with Gasteiger partial charge in [-0.3, -0.25) is 9.78 Å². The van der Waals surface area contributed by atoms with Crippen LogP contribution in [-0.4, -0.2) is 31.8 Å². The summed E-state index contributed by atoms with van der Waals surface area (Å²) < 4.78 is 48.0. The monoisotopic (exact) mass is 523 g/mol. The first-order valence-corrected chi connectivity index (χ1v) is 12.3. The van der Waals surface area contributed by atoms with Gasteiger partial charge in [-0.2, -0.15) is 18.3 Å². The zero-order chi connectivity index (χ0) is 27.1. The third-order valence-corrected chi connectivity index (χ3v) is 5.91. The second-order valence-corrected chi connectivity index (χ2v) is 8.94. The van der Waals surface area contributed by atoms with E-state index in [1.165, 1.54) is 30.7 Å². The van der Waals surface area contributed by atoms with E-state index in [4.69, 9.17) is 4.74 Å². The fraction of sp³-hybridized carbons (Fsp3) is 0.286. The minimum atomic E-state index is -4.64. The number of rotatable bonds is 10. The van der Waals surface area contributed by atoms with Gasteiger partial charge in [-0.05, 0) is 55.3 Å². The number of aromatic nitrogens is 4. The molecule has 1 amide bonds. The lowest BCUT2D eigenvalue weighted by molar-refractivity contribution is -0.142. The first kappa shape index (κ1) is 26.8. The molecule has 0 radical (unpaired) electrons. The molecule has 38 heavy (non-hydrogen) atoms. The van der Waals surface area contributed by atoms with Crippen molar-refractivity contribution in [1.82, 2.24) is 19.7 Å². The number of carbonyl (C=O) groups excluding carboxylic acids is 1. The summed E-state index contributed by atoms with van der Waals surface area (Å²) >= 11 is 0. The van der Waals surface area contributed by atoms with Crippen molar-refractivity contribution in [2.24, 2.45) is 5.92 Å². The van der Waals surface area contributed by atoms with E-state index in [1.807, 2.05) is 37.3 Å². The number of hydrogen-bond acceptors (Lipinski definition) is 5. The Bertz CT molecular complexity index is 1330. The van der Waals surface area contributed by atoms with Gasteiger partial charge >= 0.3 is 6.18 Å². The Balaban J connectivity index is 1.45. The standard InChI is InChI=1S/C28H28F3N5O2/c1-3-8-23(38-22-10-5-4-6-11-22)15-19(2)27(37)34-21-12-13-26(33-18-21)36-25(28(29,30)31)16-24(35-36)20-9-7-14-32-17-20/h4-7,9-14,16-19,23H,3,8,15H2,1-2H3,(H,34,37). The van der Waals surface area contributed by atoms with Crippen molar-refractivity contribution >= 4 is 11.6 Å². The second kappa shape index (κ2) is 11.9. The number of hydrogen-bond donors (Lipinski definition) is 1. The normalized spacial score (nSPS) is 13.1. The molecule has 3 aromatic heterocycles. The Labute approximate surface area is 218 Å². The van der Waals surface area contributed by atoms with Crippen molar-refractivity contribution in [3.63, 3.8) is 0 Å². The Hall–Kier alpha value is -4.21. The zero-order valence-corrected chi connectivity index (χ0v) is 21.0. The molecule has 0 bridgehead atoms. The lowest BCUT2D eigenvalue weighted by Gasteiger charge is -2.22. The van der Waals surface area contributed by atoms with E-state index in [0.29, 0.717) is 17.7 Å². The molecule has 0 saturated carbocycles. The SMILES string of the molecule is CCCC(CC(C)C(=O)Nc1ccc(-n2nc(-c3cccnc3)cc2C(F)(F)F)nc1)Oc1ccccc1. The topological polar surface area (TPSA) is 81.9 Å². The van der Waals surface area contributed by atoms with Crippen molar-refractivity contribution in [3.05, 3.63) is 84.9 Å². The molecule has 2 atom stereocenters. The van der Waals surface area contributed by atoms with Crippen LogP contribution >= 0.6 is 0 Å². The number of para-hydroxylation sites is 1. The maximum absolute atomic E-state index is 13.7. The van der Waals surface area contributed by atoms with Gasteiger partial charge in [0.2, 0.25) is 5.91 Å². The summed E-state index contributed by atoms with van der Waals surface area (Å²) in [6.45, 7) is 3.87. The molecule has 1 aromatic carbocycles. The molecule has 0 spiro atoms. The number of benzene rings is 1. The highest BCUT2D eigenvalue weighted by Gasteiger charge is 2.37. The summed E-state index contributed by atoms with van der Waals surface area (Å²) in [5.74, 6) is 0.130. The van der Waals surface area contributed by atoms with Gasteiger partial charge in [0.05, 0.1) is 23.7 Å². The summed E-state index contributed by atoms with van der Waals surface area (Å²) in [5.41, 5.74) is -0.0190. The highest BCUT2D eigenvalue weighted by molar-refractivity contribution is 5.92. The zero-order valence-electron chi connectivity index (χ0n) is 21.0. The summed E-state index contributed by atoms with van der Waals surface area (Å²) in [7, 11) is 0. The third kappa shape index (κ3) is 6.76. The maximum atomic E-state index is 13.7. The van der Waals surface area contributed by atoms with Crippen molar-refractivity contribution in [2.45, 2.75) is 45.4 Å². The van der Waals surface area contributed by atoms with Gasteiger partial charge in [0.25, 0.3) is 0 Å². The predicted octanol–water partition coefficient (Wildman–Crippen LogP) is 6.56. The fourth-order valence-corrected chi connectivity index (χ4v) is 4.00. The number of carbonyl (C=O) groups is 1. The van der Waals surface area contributed by atoms with E-state index in [9.17, 15) is 18.0 Å². The molecule has 2 unspecified atom stereocenters. The van der Waals surface area contributed by atoms with Gasteiger partial charge in [0, 0.05) is 23.9 Å². The highest BCUT2D eigenvalue weighted by Crippen LogP contribution is 2.33. The number of amides is 1. The molecule has 0 saturated heterocycles. The predicted molar refractivity (Wildman–Crippen MR) is 138 cm³/mol. The molecule has 3 heterocycles. The third-order valence-electron chi connectivity index (χ3n) is 5.91. The molecule has 0 aliphatic rings. The van der Waals surface area contributed by atoms with E-state index in [0.717, 1.165) is 29.3 Å². The smallest absolute Gasteiger partial charge is 0.433 e. The van der Waals surface area contributed by atoms with Crippen molar-refractivity contribution in [3.8, 4) is 22.8 Å². The van der Waals surface area contributed by atoms with Gasteiger partial charge in [-0.15, -0.1) is 0 Å². The van der Waals surface area contributed by atoms with Gasteiger partial charge in [-0.1, -0.05) is 38.5 Å². The summed E-state index contributed by atoms with van der Waals surface area (Å²) in [4.78, 5) is 20.9. The Kier molecular flexibility index (Phi) is 8.40. The summed E-state index contributed by atoms with van der Waals surface area (Å²) in [5, 5.41) is 6.90. The number of nitrogens with zero attached hydrogens (tertiary/aromatic N) is 4. The Morgan fingerprint density at radius 2 is 1.87 bits per heavy atom. The molecule has 0 aliphatic carbocycles. The van der Waals surface area contributed by atoms with Crippen LogP contribution in [-0.2, 0) is 11.0 Å². The minimum absolute atomic E-state index is 0.0298. The van der Waals surface area contributed by atoms with E-state index in [2.05, 4.69) is 27.3 Å². The first-order chi connectivity index (χ1) is 18.2. The molecule has 0 fully saturated rings. The lowest BCUT2D eigenvalue weighted by atomic mass is 9.99. The van der Waals surface area contributed by atoms with Gasteiger partial charge in [0.1, 0.15) is 5.75 Å². The molecule has 1 N–H and O–H groups in total. The molecule has 0 aliphatic heterocycles. The number of halogens is 3. The first-order valence-electron chi connectivity index (χ1n) is 12.3. The van der Waals surface area contributed by atoms with E-state index in [1.54, 1.807) is 12.1 Å². The molecular formula is C28H28F3N5O2. The van der Waals surface area contributed by atoms with Crippen LogP contribution in [0, 0.1) is 5.92 Å². The van der Waals surface area contributed by atoms with Crippen LogP contribution in [0.15, 0.2) is 79.3 Å². The molecule has 198 valence electrons.